The molecule has 0 N–H and O–H groups in total. The molecule has 1 heterocycles. The second-order valence-corrected chi connectivity index (χ2v) is 4.70. The van der Waals surface area contributed by atoms with Crippen LogP contribution in [0.4, 0.5) is 4.39 Å². The third-order valence-electron chi connectivity index (χ3n) is 1.58. The van der Waals surface area contributed by atoms with Gasteiger partial charge in [0, 0.05) is 0 Å². The highest BCUT2D eigenvalue weighted by Crippen LogP contribution is 2.33. The van der Waals surface area contributed by atoms with E-state index in [2.05, 4.69) is 0 Å². The van der Waals surface area contributed by atoms with Crippen molar-refractivity contribution in [3.8, 4) is 0 Å². The van der Waals surface area contributed by atoms with Crippen molar-refractivity contribution in [3.63, 3.8) is 0 Å². The molecule has 2 rings (SSSR count). The lowest BCUT2D eigenvalue weighted by Gasteiger charge is -1.98. The molecule has 0 unspecified atom stereocenters. The normalized spacial score (nSPS) is 10.9. The Balaban J connectivity index is 2.94. The lowest BCUT2D eigenvalue weighted by Crippen LogP contribution is -1.81. The maximum absolute atomic E-state index is 13.1. The second kappa shape index (κ2) is 3.12. The van der Waals surface area contributed by atoms with E-state index in [1.54, 1.807) is 0 Å². The summed E-state index contributed by atoms with van der Waals surface area (Å²) in [5, 5.41) is 3.31. The van der Waals surface area contributed by atoms with Crippen molar-refractivity contribution in [1.82, 2.24) is 0 Å². The Labute approximate surface area is 91.5 Å². The van der Waals surface area contributed by atoms with Gasteiger partial charge in [0.2, 0.25) is 0 Å². The zero-order chi connectivity index (χ0) is 8.72. The first-order chi connectivity index (χ1) is 5.70. The number of fused-ring (bicyclic) bond motifs is 1. The van der Waals surface area contributed by atoms with Gasteiger partial charge in [-0.25, -0.2) is 4.39 Å². The molecule has 0 amide bonds. The molecule has 0 spiro atoms. The van der Waals surface area contributed by atoms with Crippen molar-refractivity contribution in [2.24, 2.45) is 0 Å². The van der Waals surface area contributed by atoms with Crippen LogP contribution in [-0.2, 0) is 0 Å². The quantitative estimate of drug-likeness (QED) is 0.502. The fraction of sp³-hybridized carbons (Fsp3) is 0. The Morgan fingerprint density at radius 1 is 1.50 bits per heavy atom. The number of rotatable bonds is 0. The summed E-state index contributed by atoms with van der Waals surface area (Å²) in [4.78, 5) is 0. The first-order valence-electron chi connectivity index (χ1n) is 3.21. The van der Waals surface area contributed by atoms with E-state index >= 15 is 0 Å². The first kappa shape index (κ1) is 8.72. The molecule has 0 aliphatic heterocycles. The van der Waals surface area contributed by atoms with Crippen LogP contribution in [0.25, 0.3) is 10.1 Å². The summed E-state index contributed by atoms with van der Waals surface area (Å²) in [6, 6.07) is 3.38. The minimum Gasteiger partial charge on any atom is -0.206 e. The van der Waals surface area contributed by atoms with Gasteiger partial charge >= 0.3 is 0 Å². The molecule has 0 fully saturated rings. The lowest BCUT2D eigenvalue weighted by atomic mass is 10.2. The molecule has 0 bridgehead atoms. The molecule has 1 aromatic heterocycles. The van der Waals surface area contributed by atoms with E-state index in [9.17, 15) is 4.39 Å². The monoisotopic (exact) mass is 312 g/mol. The fourth-order valence-corrected chi connectivity index (χ4v) is 2.78. The summed E-state index contributed by atoms with van der Waals surface area (Å²) >= 11 is 9.38. The number of hydrogen-bond donors (Lipinski definition) is 0. The van der Waals surface area contributed by atoms with E-state index in [1.807, 2.05) is 34.0 Å². The molecule has 62 valence electrons. The van der Waals surface area contributed by atoms with E-state index in [4.69, 9.17) is 11.6 Å². The van der Waals surface area contributed by atoms with E-state index in [1.165, 1.54) is 17.4 Å². The van der Waals surface area contributed by atoms with Gasteiger partial charge in [-0.3, -0.25) is 0 Å². The van der Waals surface area contributed by atoms with Gasteiger partial charge < -0.3 is 0 Å². The highest BCUT2D eigenvalue weighted by molar-refractivity contribution is 14.1. The van der Waals surface area contributed by atoms with E-state index in [-0.39, 0.29) is 5.82 Å². The van der Waals surface area contributed by atoms with Crippen molar-refractivity contribution in [2.45, 2.75) is 0 Å². The zero-order valence-electron chi connectivity index (χ0n) is 5.77. The molecule has 0 atom stereocenters. The van der Waals surface area contributed by atoms with Gasteiger partial charge in [-0.1, -0.05) is 11.6 Å². The van der Waals surface area contributed by atoms with Crippen LogP contribution < -0.4 is 0 Å². The minimum absolute atomic E-state index is 0.244. The SMILES string of the molecule is Fc1cc2ccsc2c(Cl)c1I. The zero-order valence-corrected chi connectivity index (χ0v) is 9.50. The Bertz CT molecular complexity index is 438. The largest absolute Gasteiger partial charge is 0.206 e. The van der Waals surface area contributed by atoms with Crippen LogP contribution in [-0.4, -0.2) is 0 Å². The second-order valence-electron chi connectivity index (χ2n) is 2.33. The van der Waals surface area contributed by atoms with Crippen LogP contribution in [0, 0.1) is 9.39 Å². The molecular weight excluding hydrogens is 310 g/mol. The van der Waals surface area contributed by atoms with E-state index in [0.717, 1.165) is 10.1 Å². The van der Waals surface area contributed by atoms with Gasteiger partial charge in [0.25, 0.3) is 0 Å². The van der Waals surface area contributed by atoms with Gasteiger partial charge in [0.05, 0.1) is 13.3 Å². The topological polar surface area (TPSA) is 0 Å². The van der Waals surface area contributed by atoms with Gasteiger partial charge in [0.1, 0.15) is 5.82 Å². The molecule has 4 heteroatoms. The van der Waals surface area contributed by atoms with Crippen molar-refractivity contribution in [2.75, 3.05) is 0 Å². The third kappa shape index (κ3) is 1.24. The molecule has 0 radical (unpaired) electrons. The Hall–Kier alpha value is 0.130. The fourth-order valence-electron chi connectivity index (χ4n) is 1.02. The molecular formula is C8H3ClFIS. The minimum atomic E-state index is -0.244. The van der Waals surface area contributed by atoms with Crippen molar-refractivity contribution in [1.29, 1.82) is 0 Å². The molecule has 0 saturated heterocycles. The molecule has 0 aliphatic rings. The Morgan fingerprint density at radius 2 is 2.25 bits per heavy atom. The molecule has 0 aliphatic carbocycles. The summed E-state index contributed by atoms with van der Waals surface area (Å²) in [6.45, 7) is 0. The average molecular weight is 313 g/mol. The molecule has 0 nitrogen and oxygen atoms in total. The smallest absolute Gasteiger partial charge is 0.138 e. The molecule has 12 heavy (non-hydrogen) atoms. The highest BCUT2D eigenvalue weighted by atomic mass is 127. The molecule has 2 aromatic rings. The predicted octanol–water partition coefficient (Wildman–Crippen LogP) is 4.30. The van der Waals surface area contributed by atoms with Crippen molar-refractivity contribution in [3.05, 3.63) is 31.9 Å². The number of hydrogen-bond acceptors (Lipinski definition) is 1. The molecule has 0 saturated carbocycles. The first-order valence-corrected chi connectivity index (χ1v) is 5.54. The van der Waals surface area contributed by atoms with Crippen LogP contribution in [0.3, 0.4) is 0 Å². The van der Waals surface area contributed by atoms with Gasteiger partial charge in [-0.15, -0.1) is 11.3 Å². The summed E-state index contributed by atoms with van der Waals surface area (Å²) in [5.74, 6) is -0.244. The van der Waals surface area contributed by atoms with Gasteiger partial charge in [-0.05, 0) is 45.5 Å². The highest BCUT2D eigenvalue weighted by Gasteiger charge is 2.09. The lowest BCUT2D eigenvalue weighted by molar-refractivity contribution is 0.622. The maximum Gasteiger partial charge on any atom is 0.138 e. The van der Waals surface area contributed by atoms with E-state index < -0.39 is 0 Å². The Kier molecular flexibility index (Phi) is 2.27. The summed E-state index contributed by atoms with van der Waals surface area (Å²) in [6.07, 6.45) is 0. The van der Waals surface area contributed by atoms with Crippen LogP contribution >= 0.6 is 45.5 Å². The molecule has 1 aromatic carbocycles. The van der Waals surface area contributed by atoms with E-state index in [0.29, 0.717) is 8.59 Å². The third-order valence-corrected chi connectivity index (χ3v) is 4.39. The Morgan fingerprint density at radius 3 is 3.00 bits per heavy atom. The van der Waals surface area contributed by atoms with Crippen LogP contribution in [0.2, 0.25) is 5.02 Å². The summed E-state index contributed by atoms with van der Waals surface area (Å²) in [7, 11) is 0. The van der Waals surface area contributed by atoms with Gasteiger partial charge in [-0.2, -0.15) is 0 Å². The number of benzene rings is 1. The maximum atomic E-state index is 13.1. The average Bonchev–Trinajstić information content (AvgIpc) is 2.48. The van der Waals surface area contributed by atoms with Crippen LogP contribution in [0.15, 0.2) is 17.5 Å². The van der Waals surface area contributed by atoms with Crippen LogP contribution in [0.1, 0.15) is 0 Å². The number of thiophene rings is 1. The summed E-state index contributed by atoms with van der Waals surface area (Å²) in [5.41, 5.74) is 0. The van der Waals surface area contributed by atoms with Crippen molar-refractivity contribution >= 4 is 55.6 Å². The summed E-state index contributed by atoms with van der Waals surface area (Å²) < 4.78 is 14.6. The van der Waals surface area contributed by atoms with Gasteiger partial charge in [0.15, 0.2) is 0 Å². The number of halogens is 3. The van der Waals surface area contributed by atoms with Crippen LogP contribution in [0.5, 0.6) is 0 Å². The van der Waals surface area contributed by atoms with Crippen molar-refractivity contribution < 1.29 is 4.39 Å². The standard InChI is InChI=1S/C8H3ClFIS/c9-6-7(11)5(10)3-4-1-2-12-8(4)6/h1-3H. The predicted molar refractivity (Wildman–Crippen MR) is 59.5 cm³/mol.